The predicted octanol–water partition coefficient (Wildman–Crippen LogP) is 0.987. The van der Waals surface area contributed by atoms with Gasteiger partial charge in [0.25, 0.3) is 0 Å². The highest BCUT2D eigenvalue weighted by molar-refractivity contribution is 6.53. The van der Waals surface area contributed by atoms with Crippen LogP contribution in [0.5, 0.6) is 0 Å². The van der Waals surface area contributed by atoms with Crippen LogP contribution in [0.2, 0.25) is 6.55 Å². The van der Waals surface area contributed by atoms with E-state index in [1.807, 2.05) is 27.7 Å². The minimum atomic E-state index is -0.803. The maximum atomic E-state index is 6.13. The van der Waals surface area contributed by atoms with Gasteiger partial charge in [0.15, 0.2) is 0 Å². The molecular weight excluding hydrogens is 216 g/mol. The highest BCUT2D eigenvalue weighted by Crippen LogP contribution is 2.21. The molecule has 0 aliphatic carbocycles. The molecule has 0 rings (SSSR count). The Kier molecular flexibility index (Phi) is 9.56. The molecule has 0 radical (unpaired) electrons. The van der Waals surface area contributed by atoms with Crippen molar-refractivity contribution < 1.29 is 9.47 Å². The first-order valence-electron chi connectivity index (χ1n) is 4.44. The average molecular weight is 237 g/mol. The Morgan fingerprint density at radius 2 is 1.38 bits per heavy atom. The molecule has 0 aromatic rings. The summed E-state index contributed by atoms with van der Waals surface area (Å²) in [6.07, 6.45) is 0.238. The van der Waals surface area contributed by atoms with E-state index in [0.29, 0.717) is 0 Å². The fourth-order valence-electron chi connectivity index (χ4n) is 0.898. The molecule has 0 heterocycles. The summed E-state index contributed by atoms with van der Waals surface area (Å²) in [5, 5.41) is 0. The molecule has 0 spiro atoms. The molecule has 78 valence electrons. The zero-order valence-electron chi connectivity index (χ0n) is 8.56. The van der Waals surface area contributed by atoms with E-state index in [1.165, 1.54) is 0 Å². The molecule has 0 saturated carbocycles. The fourth-order valence-corrected chi connectivity index (χ4v) is 2.25. The van der Waals surface area contributed by atoms with Gasteiger partial charge < -0.3 is 9.47 Å². The standard InChI is InChI=1S/C8H19ClO2Si.Mg.2H/c1-6(2)10-8(9,12-5)11-7(3)4;;;/h6-7H,12H2,1-5H3;;;. The van der Waals surface area contributed by atoms with E-state index in [-0.39, 0.29) is 35.3 Å². The zero-order valence-corrected chi connectivity index (χ0v) is 10.7. The first-order chi connectivity index (χ1) is 5.39. The summed E-state index contributed by atoms with van der Waals surface area (Å²) in [6, 6.07) is 0. The topological polar surface area (TPSA) is 18.5 Å². The Hall–Kier alpha value is 1.19. The largest absolute Gasteiger partial charge is 0.339 e. The molecule has 0 unspecified atom stereocenters. The highest BCUT2D eigenvalue weighted by Gasteiger charge is 2.29. The Morgan fingerprint density at radius 3 is 1.54 bits per heavy atom. The summed E-state index contributed by atoms with van der Waals surface area (Å²) in [5.74, 6) is 0. The van der Waals surface area contributed by atoms with Crippen LogP contribution in [0.15, 0.2) is 0 Å². The molecule has 0 aliphatic heterocycles. The van der Waals surface area contributed by atoms with Crippen molar-refractivity contribution in [1.82, 2.24) is 0 Å². The van der Waals surface area contributed by atoms with Crippen LogP contribution in [0.4, 0.5) is 0 Å². The van der Waals surface area contributed by atoms with Crippen molar-refractivity contribution in [2.24, 2.45) is 0 Å². The maximum Gasteiger partial charge on any atom is 0.316 e. The molecule has 0 aromatic carbocycles. The van der Waals surface area contributed by atoms with Crippen LogP contribution in [-0.4, -0.2) is 49.6 Å². The van der Waals surface area contributed by atoms with E-state index in [4.69, 9.17) is 21.1 Å². The number of alkyl halides is 1. The van der Waals surface area contributed by atoms with Gasteiger partial charge in [-0.2, -0.15) is 0 Å². The number of rotatable bonds is 5. The lowest BCUT2D eigenvalue weighted by Gasteiger charge is -2.30. The lowest BCUT2D eigenvalue weighted by molar-refractivity contribution is -0.164. The van der Waals surface area contributed by atoms with Gasteiger partial charge in [-0.3, -0.25) is 0 Å². The number of ether oxygens (including phenoxy) is 2. The zero-order chi connectivity index (χ0) is 9.78. The molecule has 13 heavy (non-hydrogen) atoms. The second-order valence-electron chi connectivity index (χ2n) is 3.35. The Bertz CT molecular complexity index is 123. The molecule has 0 aromatic heterocycles. The molecule has 0 N–H and O–H groups in total. The quantitative estimate of drug-likeness (QED) is 0.403. The van der Waals surface area contributed by atoms with Crippen LogP contribution in [-0.2, 0) is 9.47 Å². The van der Waals surface area contributed by atoms with Crippen molar-refractivity contribution >= 4 is 44.2 Å². The van der Waals surface area contributed by atoms with Gasteiger partial charge in [0.05, 0.1) is 12.2 Å². The molecule has 0 amide bonds. The first kappa shape index (κ1) is 16.6. The van der Waals surface area contributed by atoms with Crippen LogP contribution in [0.3, 0.4) is 0 Å². The number of halogens is 1. The summed E-state index contributed by atoms with van der Waals surface area (Å²) in [4.78, 5) is -0.803. The minimum Gasteiger partial charge on any atom is -0.339 e. The van der Waals surface area contributed by atoms with Crippen LogP contribution < -0.4 is 0 Å². The van der Waals surface area contributed by atoms with Crippen molar-refractivity contribution in [3.63, 3.8) is 0 Å². The minimum absolute atomic E-state index is 0. The second kappa shape index (κ2) is 7.48. The molecule has 5 heteroatoms. The normalized spacial score (nSPS) is 12.9. The number of hydrogen-bond acceptors (Lipinski definition) is 2. The Morgan fingerprint density at radius 1 is 1.08 bits per heavy atom. The lowest BCUT2D eigenvalue weighted by atomic mass is 10.5. The summed E-state index contributed by atoms with van der Waals surface area (Å²) in [6.45, 7) is 9.93. The van der Waals surface area contributed by atoms with Gasteiger partial charge in [0, 0.05) is 0 Å². The summed E-state index contributed by atoms with van der Waals surface area (Å²) >= 11 is 6.13. The van der Waals surface area contributed by atoms with E-state index >= 15 is 0 Å². The maximum absolute atomic E-state index is 6.13. The van der Waals surface area contributed by atoms with Crippen molar-refractivity contribution in [3.05, 3.63) is 0 Å². The van der Waals surface area contributed by atoms with Crippen molar-refractivity contribution in [2.45, 2.75) is 51.3 Å². The van der Waals surface area contributed by atoms with Gasteiger partial charge in [-0.15, -0.1) is 0 Å². The van der Waals surface area contributed by atoms with Gasteiger partial charge in [0.1, 0.15) is 9.52 Å². The van der Waals surface area contributed by atoms with Crippen LogP contribution >= 0.6 is 11.6 Å². The van der Waals surface area contributed by atoms with Crippen LogP contribution in [0.25, 0.3) is 0 Å². The van der Waals surface area contributed by atoms with E-state index in [2.05, 4.69) is 6.55 Å². The summed E-state index contributed by atoms with van der Waals surface area (Å²) in [5.41, 5.74) is 0. The predicted molar refractivity (Wildman–Crippen MR) is 64.0 cm³/mol. The lowest BCUT2D eigenvalue weighted by Crippen LogP contribution is -2.39. The molecular formula is C8H21ClMgO2Si. The average Bonchev–Trinajstić information content (AvgIpc) is 1.83. The van der Waals surface area contributed by atoms with E-state index in [9.17, 15) is 0 Å². The third kappa shape index (κ3) is 8.21. The van der Waals surface area contributed by atoms with Gasteiger partial charge in [-0.05, 0) is 27.7 Å². The third-order valence-electron chi connectivity index (χ3n) is 1.25. The molecule has 0 saturated heterocycles. The monoisotopic (exact) mass is 236 g/mol. The first-order valence-corrected chi connectivity index (χ1v) is 6.94. The SMILES string of the molecule is C[SiH2]C(Cl)(OC(C)C)OC(C)C.[MgH2]. The fraction of sp³-hybridized carbons (Fsp3) is 1.00. The van der Waals surface area contributed by atoms with Gasteiger partial charge in [0.2, 0.25) is 4.87 Å². The highest BCUT2D eigenvalue weighted by atomic mass is 35.5. The summed E-state index contributed by atoms with van der Waals surface area (Å²) < 4.78 is 11.0. The van der Waals surface area contributed by atoms with Gasteiger partial charge in [-0.25, -0.2) is 0 Å². The molecule has 2 nitrogen and oxygen atoms in total. The van der Waals surface area contributed by atoms with Crippen molar-refractivity contribution in [3.8, 4) is 0 Å². The van der Waals surface area contributed by atoms with Gasteiger partial charge in [-0.1, -0.05) is 18.1 Å². The van der Waals surface area contributed by atoms with Crippen molar-refractivity contribution in [2.75, 3.05) is 0 Å². The Balaban J connectivity index is 0. The van der Waals surface area contributed by atoms with E-state index in [1.54, 1.807) is 0 Å². The molecule has 0 atom stereocenters. The smallest absolute Gasteiger partial charge is 0.316 e. The second-order valence-corrected chi connectivity index (χ2v) is 6.01. The molecule has 0 bridgehead atoms. The van der Waals surface area contributed by atoms with Crippen LogP contribution in [0, 0.1) is 0 Å². The van der Waals surface area contributed by atoms with E-state index in [0.717, 1.165) is 0 Å². The number of hydrogen-bond donors (Lipinski definition) is 0. The third-order valence-corrected chi connectivity index (χ3v) is 3.40. The van der Waals surface area contributed by atoms with Crippen LogP contribution in [0.1, 0.15) is 27.7 Å². The van der Waals surface area contributed by atoms with Crippen molar-refractivity contribution in [1.29, 1.82) is 0 Å². The Labute approximate surface area is 105 Å². The molecule has 0 fully saturated rings. The van der Waals surface area contributed by atoms with E-state index < -0.39 is 14.4 Å². The van der Waals surface area contributed by atoms with Gasteiger partial charge >= 0.3 is 23.1 Å². The molecule has 0 aliphatic rings. The summed E-state index contributed by atoms with van der Waals surface area (Å²) in [7, 11) is -0.533.